The minimum absolute atomic E-state index is 0.139. The summed E-state index contributed by atoms with van der Waals surface area (Å²) in [5, 5.41) is 12.7. The molecule has 2 aromatic carbocycles. The summed E-state index contributed by atoms with van der Waals surface area (Å²) in [7, 11) is 1.44. The number of anilines is 1. The van der Waals surface area contributed by atoms with Gasteiger partial charge in [-0.25, -0.2) is 4.79 Å². The molecule has 4 fully saturated rings. The maximum absolute atomic E-state index is 14.4. The Hall–Kier alpha value is -3.92. The summed E-state index contributed by atoms with van der Waals surface area (Å²) >= 11 is 0. The lowest BCUT2D eigenvalue weighted by Gasteiger charge is -2.51. The molecule has 0 aromatic heterocycles. The monoisotopic (exact) mass is 535 g/mol. The second-order valence-corrected chi connectivity index (χ2v) is 11.6. The lowest BCUT2D eigenvalue weighted by atomic mass is 9.52. The van der Waals surface area contributed by atoms with Gasteiger partial charge in [-0.05, 0) is 29.7 Å². The van der Waals surface area contributed by atoms with Crippen LogP contribution >= 0.6 is 0 Å². The lowest BCUT2D eigenvalue weighted by Crippen LogP contribution is -2.66. The first-order valence-electron chi connectivity index (χ1n) is 12.8. The molecule has 1 unspecified atom stereocenters. The number of nitrogens with zero attached hydrogens (tertiary/aromatic N) is 1. The van der Waals surface area contributed by atoms with Crippen molar-refractivity contribution in [3.63, 3.8) is 0 Å². The van der Waals surface area contributed by atoms with Gasteiger partial charge in [-0.2, -0.15) is 0 Å². The molecule has 3 heterocycles. The molecule has 1 aliphatic carbocycles. The van der Waals surface area contributed by atoms with Crippen LogP contribution in [0.1, 0.15) is 44.0 Å². The number of hydrogen-bond acceptors (Lipinski definition) is 9. The normalized spacial score (nSPS) is 34.7. The van der Waals surface area contributed by atoms with Gasteiger partial charge in [0.1, 0.15) is 22.7 Å². The van der Waals surface area contributed by atoms with Crippen LogP contribution < -0.4 is 9.64 Å². The maximum Gasteiger partial charge on any atom is 0.338 e. The van der Waals surface area contributed by atoms with Crippen molar-refractivity contribution in [3.8, 4) is 5.75 Å². The summed E-state index contributed by atoms with van der Waals surface area (Å²) in [4.78, 5) is 55.7. The third-order valence-electron chi connectivity index (χ3n) is 9.05. The first-order valence-corrected chi connectivity index (χ1v) is 12.8. The summed E-state index contributed by atoms with van der Waals surface area (Å²) in [5.74, 6) is -2.65. The fourth-order valence-electron chi connectivity index (χ4n) is 7.34. The molecule has 2 spiro atoms. The highest BCUT2D eigenvalue weighted by Gasteiger charge is 2.94. The number of methoxy groups -OCH3 is 1. The van der Waals surface area contributed by atoms with E-state index in [-0.39, 0.29) is 17.7 Å². The molecule has 3 aliphatic heterocycles. The minimum atomic E-state index is -1.88. The number of esters is 3. The zero-order valence-corrected chi connectivity index (χ0v) is 22.0. The third-order valence-corrected chi connectivity index (χ3v) is 9.05. The van der Waals surface area contributed by atoms with Crippen molar-refractivity contribution in [1.82, 2.24) is 0 Å². The molecule has 6 atom stereocenters. The van der Waals surface area contributed by atoms with Gasteiger partial charge in [0, 0.05) is 6.42 Å². The molecular formula is C29H29NO9. The second kappa shape index (κ2) is 8.05. The maximum atomic E-state index is 14.4. The number of amides is 1. The third kappa shape index (κ3) is 2.89. The Bertz CT molecular complexity index is 1400. The van der Waals surface area contributed by atoms with E-state index in [1.54, 1.807) is 63.2 Å². The van der Waals surface area contributed by atoms with E-state index in [0.29, 0.717) is 5.75 Å². The van der Waals surface area contributed by atoms with E-state index in [1.807, 2.05) is 0 Å². The molecule has 1 saturated carbocycles. The Morgan fingerprint density at radius 1 is 1.03 bits per heavy atom. The first-order chi connectivity index (χ1) is 18.4. The van der Waals surface area contributed by atoms with Crippen LogP contribution in [0.15, 0.2) is 54.6 Å². The van der Waals surface area contributed by atoms with Crippen molar-refractivity contribution < 1.29 is 43.2 Å². The molecular weight excluding hydrogens is 506 g/mol. The summed E-state index contributed by atoms with van der Waals surface area (Å²) in [6.07, 6.45) is -4.73. The number of aliphatic hydroxyl groups is 1. The predicted molar refractivity (Wildman–Crippen MR) is 134 cm³/mol. The van der Waals surface area contributed by atoms with Crippen molar-refractivity contribution in [2.24, 2.45) is 16.2 Å². The van der Waals surface area contributed by atoms with E-state index in [4.69, 9.17) is 18.9 Å². The van der Waals surface area contributed by atoms with Crippen LogP contribution in [-0.2, 0) is 28.6 Å². The lowest BCUT2D eigenvalue weighted by molar-refractivity contribution is -0.204. The van der Waals surface area contributed by atoms with Crippen molar-refractivity contribution in [3.05, 3.63) is 60.2 Å². The van der Waals surface area contributed by atoms with Gasteiger partial charge >= 0.3 is 17.9 Å². The van der Waals surface area contributed by atoms with Gasteiger partial charge in [-0.15, -0.1) is 0 Å². The number of para-hydroxylation sites is 2. The summed E-state index contributed by atoms with van der Waals surface area (Å²) in [5.41, 5.74) is -6.02. The molecule has 3 saturated heterocycles. The Balaban J connectivity index is 1.64. The van der Waals surface area contributed by atoms with Gasteiger partial charge in [0.25, 0.3) is 5.91 Å². The van der Waals surface area contributed by atoms with Crippen LogP contribution in [-0.4, -0.2) is 60.1 Å². The fraction of sp³-hybridized carbons (Fsp3) is 0.448. The Labute approximate surface area is 224 Å². The van der Waals surface area contributed by atoms with Gasteiger partial charge in [0.05, 0.1) is 30.4 Å². The van der Waals surface area contributed by atoms with Crippen molar-refractivity contribution >= 4 is 29.5 Å². The summed E-state index contributed by atoms with van der Waals surface area (Å²) in [6.45, 7) is 5.31. The van der Waals surface area contributed by atoms with Crippen molar-refractivity contribution in [2.75, 3.05) is 12.0 Å². The predicted octanol–water partition coefficient (Wildman–Crippen LogP) is 2.62. The molecule has 10 heteroatoms. The number of carbonyl (C=O) groups excluding carboxylic acids is 4. The molecule has 39 heavy (non-hydrogen) atoms. The second-order valence-electron chi connectivity index (χ2n) is 11.6. The molecule has 0 radical (unpaired) electrons. The summed E-state index contributed by atoms with van der Waals surface area (Å²) in [6, 6.07) is 14.8. The van der Waals surface area contributed by atoms with Crippen LogP contribution in [0.2, 0.25) is 0 Å². The quantitative estimate of drug-likeness (QED) is 0.464. The Kier molecular flexibility index (Phi) is 5.23. The van der Waals surface area contributed by atoms with E-state index < -0.39 is 70.5 Å². The molecule has 2 aromatic rings. The van der Waals surface area contributed by atoms with Gasteiger partial charge in [0.2, 0.25) is 0 Å². The highest BCUT2D eigenvalue weighted by atomic mass is 16.6. The molecule has 1 N–H and O–H groups in total. The zero-order chi connectivity index (χ0) is 28.0. The molecule has 0 bridgehead atoms. The van der Waals surface area contributed by atoms with E-state index in [9.17, 15) is 24.3 Å². The van der Waals surface area contributed by atoms with Gasteiger partial charge in [0.15, 0.2) is 12.3 Å². The number of ether oxygens (including phenoxy) is 4. The number of benzene rings is 2. The highest BCUT2D eigenvalue weighted by molar-refractivity contribution is 6.07. The minimum Gasteiger partial charge on any atom is -0.495 e. The average Bonchev–Trinajstić information content (AvgIpc) is 3.51. The number of hydrogen-bond donors (Lipinski definition) is 1. The highest BCUT2D eigenvalue weighted by Crippen LogP contribution is 2.76. The Morgan fingerprint density at radius 3 is 2.36 bits per heavy atom. The van der Waals surface area contributed by atoms with Crippen molar-refractivity contribution in [2.45, 2.75) is 57.6 Å². The smallest absolute Gasteiger partial charge is 0.338 e. The van der Waals surface area contributed by atoms with E-state index in [0.717, 1.165) is 0 Å². The topological polar surface area (TPSA) is 129 Å². The fourth-order valence-corrected chi connectivity index (χ4v) is 7.34. The molecule has 10 nitrogen and oxygen atoms in total. The largest absolute Gasteiger partial charge is 0.495 e. The summed E-state index contributed by atoms with van der Waals surface area (Å²) < 4.78 is 23.1. The van der Waals surface area contributed by atoms with Crippen molar-refractivity contribution in [1.29, 1.82) is 0 Å². The van der Waals surface area contributed by atoms with Crippen LogP contribution in [0.3, 0.4) is 0 Å². The molecule has 1 amide bonds. The van der Waals surface area contributed by atoms with Crippen LogP contribution in [0, 0.1) is 16.2 Å². The Morgan fingerprint density at radius 2 is 1.69 bits per heavy atom. The van der Waals surface area contributed by atoms with Gasteiger partial charge < -0.3 is 24.1 Å². The number of carbonyl (C=O) groups is 4. The zero-order valence-electron chi connectivity index (χ0n) is 22.0. The average molecular weight is 536 g/mol. The number of rotatable bonds is 4. The van der Waals surface area contributed by atoms with Crippen LogP contribution in [0.4, 0.5) is 5.69 Å². The van der Waals surface area contributed by atoms with E-state index in [2.05, 4.69) is 0 Å². The van der Waals surface area contributed by atoms with Crippen LogP contribution in [0.5, 0.6) is 5.75 Å². The molecule has 4 aliphatic rings. The standard InChI is InChI=1S/C29H29NO9/c1-26(2,3)28(35)14-19-27(15-20(31)37-19)25(34)39-24-29(27,28)21(38-23(33)16-10-6-5-7-11-16)22(32)30(24)17-12-8-9-13-18(17)36-4/h5-13,19,21,24,35H,14-15H2,1-4H3/t19-,21-,24-,27-,28+,29?/m0/s1. The molecule has 204 valence electrons. The van der Waals surface area contributed by atoms with E-state index in [1.165, 1.54) is 24.1 Å². The van der Waals surface area contributed by atoms with Gasteiger partial charge in [-0.3, -0.25) is 19.3 Å². The van der Waals surface area contributed by atoms with Gasteiger partial charge in [-0.1, -0.05) is 51.1 Å². The van der Waals surface area contributed by atoms with E-state index >= 15 is 0 Å². The first kappa shape index (κ1) is 25.4. The van der Waals surface area contributed by atoms with Crippen LogP contribution in [0.25, 0.3) is 0 Å². The SMILES string of the molecule is COc1ccccc1N1C(=O)[C@H](OC(=O)c2ccccc2)C23[C@@H]1OC(=O)[C@@]21CC(=O)O[C@H]1C[C@@]3(O)C(C)(C)C. The molecule has 6 rings (SSSR count).